The number of carbonyl (C=O) groups is 3. The average molecular weight is 266 g/mol. The number of hydrogen-bond acceptors (Lipinski definition) is 5. The minimum Gasteiger partial charge on any atom is -0.482 e. The Bertz CT molecular complexity index is 463. The van der Waals surface area contributed by atoms with Crippen molar-refractivity contribution in [2.75, 3.05) is 13.2 Å². The quantitative estimate of drug-likeness (QED) is 0.454. The van der Waals surface area contributed by atoms with Crippen LogP contribution in [0.1, 0.15) is 23.7 Å². The van der Waals surface area contributed by atoms with Crippen molar-refractivity contribution in [2.45, 2.75) is 13.3 Å². The molecule has 1 N–H and O–H groups in total. The Morgan fingerprint density at radius 1 is 1.16 bits per heavy atom. The van der Waals surface area contributed by atoms with Gasteiger partial charge in [-0.25, -0.2) is 4.79 Å². The summed E-state index contributed by atoms with van der Waals surface area (Å²) in [5, 5.41) is 8.50. The van der Waals surface area contributed by atoms with Gasteiger partial charge in [0.15, 0.2) is 12.4 Å². The standard InChI is InChI=1S/C13H14O6/c1-2-18-13(17)8-19-10-5-3-9(4-6-10)11(14)7-12(15)16/h3-6H,2,7-8H2,1H3,(H,15,16). The van der Waals surface area contributed by atoms with Gasteiger partial charge in [0.05, 0.1) is 6.61 Å². The van der Waals surface area contributed by atoms with E-state index >= 15 is 0 Å². The Hall–Kier alpha value is -2.37. The third-order valence-electron chi connectivity index (χ3n) is 2.15. The molecule has 0 aliphatic heterocycles. The highest BCUT2D eigenvalue weighted by atomic mass is 16.6. The summed E-state index contributed by atoms with van der Waals surface area (Å²) in [6, 6.07) is 5.89. The number of ketones is 1. The van der Waals surface area contributed by atoms with E-state index in [4.69, 9.17) is 9.84 Å². The van der Waals surface area contributed by atoms with Crippen molar-refractivity contribution in [3.05, 3.63) is 29.8 Å². The highest BCUT2D eigenvalue weighted by Crippen LogP contribution is 2.13. The number of hydrogen-bond donors (Lipinski definition) is 1. The molecule has 6 nitrogen and oxygen atoms in total. The molecule has 0 radical (unpaired) electrons. The maximum absolute atomic E-state index is 11.4. The van der Waals surface area contributed by atoms with E-state index in [-0.39, 0.29) is 18.8 Å². The third kappa shape index (κ3) is 5.20. The van der Waals surface area contributed by atoms with Gasteiger partial charge in [-0.15, -0.1) is 0 Å². The normalized spacial score (nSPS) is 9.74. The average Bonchev–Trinajstić information content (AvgIpc) is 2.36. The van der Waals surface area contributed by atoms with Gasteiger partial charge in [-0.1, -0.05) is 0 Å². The number of carboxylic acid groups (broad SMARTS) is 1. The minimum absolute atomic E-state index is 0.212. The van der Waals surface area contributed by atoms with Gasteiger partial charge in [-0.2, -0.15) is 0 Å². The summed E-state index contributed by atoms with van der Waals surface area (Å²) in [5.74, 6) is -1.73. The Kier molecular flexibility index (Phi) is 5.53. The van der Waals surface area contributed by atoms with E-state index in [0.717, 1.165) is 0 Å². The molecule has 0 aliphatic carbocycles. The first-order valence-electron chi connectivity index (χ1n) is 5.66. The number of Topliss-reactive ketones (excluding diaryl/α,β-unsaturated/α-hetero) is 1. The highest BCUT2D eigenvalue weighted by Gasteiger charge is 2.10. The molecule has 1 aromatic carbocycles. The Balaban J connectivity index is 2.54. The lowest BCUT2D eigenvalue weighted by atomic mass is 10.1. The second-order valence-corrected chi connectivity index (χ2v) is 3.61. The summed E-state index contributed by atoms with van der Waals surface area (Å²) in [7, 11) is 0. The minimum atomic E-state index is -1.17. The number of esters is 1. The van der Waals surface area contributed by atoms with E-state index in [9.17, 15) is 14.4 Å². The molecule has 0 fully saturated rings. The van der Waals surface area contributed by atoms with Gasteiger partial charge in [0, 0.05) is 5.56 Å². The molecule has 102 valence electrons. The number of benzene rings is 1. The van der Waals surface area contributed by atoms with Crippen LogP contribution < -0.4 is 4.74 Å². The van der Waals surface area contributed by atoms with Crippen molar-refractivity contribution < 1.29 is 29.0 Å². The van der Waals surface area contributed by atoms with Crippen molar-refractivity contribution in [1.29, 1.82) is 0 Å². The smallest absolute Gasteiger partial charge is 0.344 e. The lowest BCUT2D eigenvalue weighted by Gasteiger charge is -2.06. The van der Waals surface area contributed by atoms with Gasteiger partial charge >= 0.3 is 11.9 Å². The lowest BCUT2D eigenvalue weighted by Crippen LogP contribution is -2.14. The summed E-state index contributed by atoms with van der Waals surface area (Å²) in [6.45, 7) is 1.77. The second kappa shape index (κ2) is 7.15. The van der Waals surface area contributed by atoms with E-state index in [1.807, 2.05) is 0 Å². The molecular formula is C13H14O6. The molecular weight excluding hydrogens is 252 g/mol. The predicted octanol–water partition coefficient (Wildman–Crippen LogP) is 1.29. The fourth-order valence-corrected chi connectivity index (χ4v) is 1.32. The van der Waals surface area contributed by atoms with Gasteiger partial charge in [-0.3, -0.25) is 9.59 Å². The molecule has 19 heavy (non-hydrogen) atoms. The van der Waals surface area contributed by atoms with Gasteiger partial charge in [0.2, 0.25) is 0 Å². The molecule has 0 unspecified atom stereocenters. The molecule has 0 amide bonds. The van der Waals surface area contributed by atoms with Crippen LogP contribution in [0.25, 0.3) is 0 Å². The summed E-state index contributed by atoms with van der Waals surface area (Å²) in [4.78, 5) is 32.9. The third-order valence-corrected chi connectivity index (χ3v) is 2.15. The fourth-order valence-electron chi connectivity index (χ4n) is 1.32. The lowest BCUT2D eigenvalue weighted by molar-refractivity contribution is -0.145. The topological polar surface area (TPSA) is 89.9 Å². The molecule has 6 heteroatoms. The molecule has 0 saturated carbocycles. The first-order valence-corrected chi connectivity index (χ1v) is 5.66. The van der Waals surface area contributed by atoms with E-state index in [0.29, 0.717) is 5.75 Å². The number of rotatable bonds is 7. The van der Waals surface area contributed by atoms with Crippen molar-refractivity contribution >= 4 is 17.7 Å². The zero-order chi connectivity index (χ0) is 14.3. The fraction of sp³-hybridized carbons (Fsp3) is 0.308. The van der Waals surface area contributed by atoms with Crippen LogP contribution in [0.15, 0.2) is 24.3 Å². The monoisotopic (exact) mass is 266 g/mol. The molecule has 0 bridgehead atoms. The zero-order valence-corrected chi connectivity index (χ0v) is 10.4. The molecule has 0 spiro atoms. The summed E-state index contributed by atoms with van der Waals surface area (Å²) >= 11 is 0. The number of carbonyl (C=O) groups excluding carboxylic acids is 2. The molecule has 1 aromatic rings. The first kappa shape index (κ1) is 14.7. The van der Waals surface area contributed by atoms with Gasteiger partial charge in [0.1, 0.15) is 12.2 Å². The van der Waals surface area contributed by atoms with Crippen LogP contribution in [0.5, 0.6) is 5.75 Å². The van der Waals surface area contributed by atoms with Gasteiger partial charge in [0.25, 0.3) is 0 Å². The van der Waals surface area contributed by atoms with Crippen LogP contribution in [-0.2, 0) is 14.3 Å². The molecule has 0 aliphatic rings. The summed E-state index contributed by atoms with van der Waals surface area (Å²) < 4.78 is 9.82. The summed E-state index contributed by atoms with van der Waals surface area (Å²) in [5.41, 5.74) is 0.283. The SMILES string of the molecule is CCOC(=O)COc1ccc(C(=O)CC(=O)O)cc1. The molecule has 1 rings (SSSR count). The van der Waals surface area contributed by atoms with Crippen LogP contribution in [0.3, 0.4) is 0 Å². The number of aliphatic carboxylic acids is 1. The molecule has 0 aromatic heterocycles. The van der Waals surface area contributed by atoms with Crippen LogP contribution in [-0.4, -0.2) is 36.0 Å². The van der Waals surface area contributed by atoms with Crippen molar-refractivity contribution in [2.24, 2.45) is 0 Å². The number of ether oxygens (including phenoxy) is 2. The van der Waals surface area contributed by atoms with Crippen molar-refractivity contribution in [1.82, 2.24) is 0 Å². The summed E-state index contributed by atoms with van der Waals surface area (Å²) in [6.07, 6.45) is -0.553. The predicted molar refractivity (Wildman–Crippen MR) is 65.2 cm³/mol. The van der Waals surface area contributed by atoms with Crippen LogP contribution >= 0.6 is 0 Å². The Labute approximate surface area is 109 Å². The van der Waals surface area contributed by atoms with E-state index in [2.05, 4.69) is 4.74 Å². The van der Waals surface area contributed by atoms with Crippen LogP contribution in [0.2, 0.25) is 0 Å². The number of carboxylic acids is 1. The van der Waals surface area contributed by atoms with Crippen molar-refractivity contribution in [3.63, 3.8) is 0 Å². The Morgan fingerprint density at radius 2 is 1.79 bits per heavy atom. The maximum atomic E-state index is 11.4. The van der Waals surface area contributed by atoms with Crippen LogP contribution in [0, 0.1) is 0 Å². The zero-order valence-electron chi connectivity index (χ0n) is 10.4. The first-order chi connectivity index (χ1) is 9.02. The van der Waals surface area contributed by atoms with Crippen molar-refractivity contribution in [3.8, 4) is 5.75 Å². The molecule has 0 saturated heterocycles. The highest BCUT2D eigenvalue weighted by molar-refractivity contribution is 6.05. The largest absolute Gasteiger partial charge is 0.482 e. The van der Waals surface area contributed by atoms with Gasteiger partial charge in [-0.05, 0) is 31.2 Å². The maximum Gasteiger partial charge on any atom is 0.344 e. The molecule has 0 atom stereocenters. The Morgan fingerprint density at radius 3 is 2.32 bits per heavy atom. The van der Waals surface area contributed by atoms with E-state index < -0.39 is 24.1 Å². The van der Waals surface area contributed by atoms with Gasteiger partial charge < -0.3 is 14.6 Å². The second-order valence-electron chi connectivity index (χ2n) is 3.61. The van der Waals surface area contributed by atoms with Crippen LogP contribution in [0.4, 0.5) is 0 Å². The van der Waals surface area contributed by atoms with E-state index in [1.54, 1.807) is 6.92 Å². The van der Waals surface area contributed by atoms with E-state index in [1.165, 1.54) is 24.3 Å². The molecule has 0 heterocycles.